The SMILES string of the molecule is COc1cc(/C=C2\C(=O)NC(=O)N(c3ccc(Cl)cc3Cl)C2=O)ccc1O[C@@H](C)C(=O)O. The van der Waals surface area contributed by atoms with Crippen molar-refractivity contribution >= 4 is 58.8 Å². The number of imide groups is 2. The second-order valence-corrected chi connectivity index (χ2v) is 7.41. The number of carboxylic acid groups (broad SMARTS) is 1. The van der Waals surface area contributed by atoms with Crippen molar-refractivity contribution in [3.8, 4) is 11.5 Å². The first-order chi connectivity index (χ1) is 15.1. The number of benzene rings is 2. The average molecular weight is 479 g/mol. The van der Waals surface area contributed by atoms with Crippen LogP contribution in [0, 0.1) is 0 Å². The van der Waals surface area contributed by atoms with Crippen LogP contribution in [-0.4, -0.2) is 42.1 Å². The number of hydrogen-bond donors (Lipinski definition) is 2. The van der Waals surface area contributed by atoms with E-state index in [2.05, 4.69) is 5.32 Å². The van der Waals surface area contributed by atoms with Crippen molar-refractivity contribution in [2.24, 2.45) is 0 Å². The van der Waals surface area contributed by atoms with Gasteiger partial charge in [0.1, 0.15) is 5.57 Å². The van der Waals surface area contributed by atoms with Gasteiger partial charge in [-0.3, -0.25) is 14.9 Å². The average Bonchev–Trinajstić information content (AvgIpc) is 2.73. The molecule has 1 heterocycles. The van der Waals surface area contributed by atoms with Crippen molar-refractivity contribution < 1.29 is 33.8 Å². The summed E-state index contributed by atoms with van der Waals surface area (Å²) in [6, 6.07) is 7.63. The van der Waals surface area contributed by atoms with Gasteiger partial charge in [0.15, 0.2) is 17.6 Å². The summed E-state index contributed by atoms with van der Waals surface area (Å²) < 4.78 is 10.5. The predicted molar refractivity (Wildman–Crippen MR) is 116 cm³/mol. The number of rotatable bonds is 6. The van der Waals surface area contributed by atoms with E-state index in [1.807, 2.05) is 0 Å². The number of anilines is 1. The van der Waals surface area contributed by atoms with Gasteiger partial charge in [-0.05, 0) is 48.9 Å². The zero-order chi connectivity index (χ0) is 23.6. The molecular formula is C21H16Cl2N2O7. The van der Waals surface area contributed by atoms with E-state index in [1.54, 1.807) is 0 Å². The lowest BCUT2D eigenvalue weighted by Gasteiger charge is -2.27. The molecule has 11 heteroatoms. The number of nitrogens with zero attached hydrogens (tertiary/aromatic N) is 1. The molecule has 0 saturated carbocycles. The Hall–Kier alpha value is -3.56. The summed E-state index contributed by atoms with van der Waals surface area (Å²) in [7, 11) is 1.35. The lowest BCUT2D eigenvalue weighted by atomic mass is 10.1. The quantitative estimate of drug-likeness (QED) is 0.480. The third kappa shape index (κ3) is 4.68. The molecule has 1 aliphatic heterocycles. The van der Waals surface area contributed by atoms with E-state index in [0.717, 1.165) is 4.90 Å². The lowest BCUT2D eigenvalue weighted by Crippen LogP contribution is -2.54. The molecule has 166 valence electrons. The number of urea groups is 1. The van der Waals surface area contributed by atoms with Crippen LogP contribution in [0.2, 0.25) is 10.0 Å². The minimum atomic E-state index is -1.16. The summed E-state index contributed by atoms with van der Waals surface area (Å²) >= 11 is 12.0. The van der Waals surface area contributed by atoms with Gasteiger partial charge in [-0.1, -0.05) is 29.3 Å². The largest absolute Gasteiger partial charge is 0.493 e. The topological polar surface area (TPSA) is 122 Å². The number of barbiturate groups is 1. The van der Waals surface area contributed by atoms with Gasteiger partial charge in [-0.15, -0.1) is 0 Å². The molecule has 0 aromatic heterocycles. The van der Waals surface area contributed by atoms with Crippen LogP contribution in [0.5, 0.6) is 11.5 Å². The smallest absolute Gasteiger partial charge is 0.344 e. The minimum Gasteiger partial charge on any atom is -0.493 e. The van der Waals surface area contributed by atoms with Gasteiger partial charge in [0, 0.05) is 5.02 Å². The number of methoxy groups -OCH3 is 1. The van der Waals surface area contributed by atoms with Crippen molar-refractivity contribution in [3.05, 3.63) is 57.6 Å². The molecule has 32 heavy (non-hydrogen) atoms. The van der Waals surface area contributed by atoms with E-state index in [-0.39, 0.29) is 27.8 Å². The van der Waals surface area contributed by atoms with Gasteiger partial charge in [0.25, 0.3) is 11.8 Å². The highest BCUT2D eigenvalue weighted by molar-refractivity contribution is 6.42. The van der Waals surface area contributed by atoms with Gasteiger partial charge in [0.2, 0.25) is 0 Å². The molecule has 0 bridgehead atoms. The molecule has 2 N–H and O–H groups in total. The number of carboxylic acids is 1. The number of carbonyl (C=O) groups is 4. The van der Waals surface area contributed by atoms with Gasteiger partial charge >= 0.3 is 12.0 Å². The van der Waals surface area contributed by atoms with Crippen LogP contribution >= 0.6 is 23.2 Å². The van der Waals surface area contributed by atoms with Crippen LogP contribution < -0.4 is 19.7 Å². The monoisotopic (exact) mass is 478 g/mol. The third-order valence-corrected chi connectivity index (χ3v) is 4.94. The Bertz CT molecular complexity index is 1160. The second kappa shape index (κ2) is 9.29. The number of carbonyl (C=O) groups excluding carboxylic acids is 3. The molecule has 9 nitrogen and oxygen atoms in total. The van der Waals surface area contributed by atoms with E-state index in [0.29, 0.717) is 10.6 Å². The zero-order valence-corrected chi connectivity index (χ0v) is 18.2. The fourth-order valence-electron chi connectivity index (χ4n) is 2.82. The van der Waals surface area contributed by atoms with Crippen molar-refractivity contribution in [3.63, 3.8) is 0 Å². The molecule has 0 unspecified atom stereocenters. The molecule has 2 aromatic carbocycles. The number of aliphatic carboxylic acids is 1. The highest BCUT2D eigenvalue weighted by Crippen LogP contribution is 2.33. The maximum atomic E-state index is 13.0. The number of halogens is 2. The maximum absolute atomic E-state index is 13.0. The van der Waals surface area contributed by atoms with Gasteiger partial charge in [0.05, 0.1) is 17.8 Å². The highest BCUT2D eigenvalue weighted by Gasteiger charge is 2.37. The van der Waals surface area contributed by atoms with Crippen molar-refractivity contribution in [1.82, 2.24) is 5.32 Å². The van der Waals surface area contributed by atoms with E-state index in [4.69, 9.17) is 37.8 Å². The Labute approximate surface area is 192 Å². The Morgan fingerprint density at radius 1 is 1.12 bits per heavy atom. The van der Waals surface area contributed by atoms with E-state index >= 15 is 0 Å². The fraction of sp³-hybridized carbons (Fsp3) is 0.143. The van der Waals surface area contributed by atoms with Crippen LogP contribution in [0.3, 0.4) is 0 Å². The lowest BCUT2D eigenvalue weighted by molar-refractivity contribution is -0.144. The third-order valence-electron chi connectivity index (χ3n) is 4.40. The number of hydrogen-bond acceptors (Lipinski definition) is 6. The van der Waals surface area contributed by atoms with Crippen LogP contribution in [-0.2, 0) is 14.4 Å². The molecule has 1 atom stereocenters. The molecule has 0 radical (unpaired) electrons. The summed E-state index contributed by atoms with van der Waals surface area (Å²) in [5, 5.41) is 11.5. The molecule has 0 aliphatic carbocycles. The molecule has 1 fully saturated rings. The van der Waals surface area contributed by atoms with Crippen LogP contribution in [0.25, 0.3) is 6.08 Å². The Balaban J connectivity index is 1.97. The summed E-state index contributed by atoms with van der Waals surface area (Å²) in [6.45, 7) is 1.36. The fourth-order valence-corrected chi connectivity index (χ4v) is 3.31. The van der Waals surface area contributed by atoms with Crippen molar-refractivity contribution in [1.29, 1.82) is 0 Å². The Morgan fingerprint density at radius 3 is 2.47 bits per heavy atom. The van der Waals surface area contributed by atoms with Crippen LogP contribution in [0.1, 0.15) is 12.5 Å². The van der Waals surface area contributed by atoms with Crippen molar-refractivity contribution in [2.75, 3.05) is 12.0 Å². The zero-order valence-electron chi connectivity index (χ0n) is 16.7. The molecule has 4 amide bonds. The van der Waals surface area contributed by atoms with Gasteiger partial charge in [-0.2, -0.15) is 0 Å². The highest BCUT2D eigenvalue weighted by atomic mass is 35.5. The maximum Gasteiger partial charge on any atom is 0.344 e. The number of ether oxygens (including phenoxy) is 2. The van der Waals surface area contributed by atoms with E-state index in [9.17, 15) is 19.2 Å². The Kier molecular flexibility index (Phi) is 6.71. The first-order valence-corrected chi connectivity index (χ1v) is 9.82. The molecule has 0 spiro atoms. The van der Waals surface area contributed by atoms with Crippen LogP contribution in [0.15, 0.2) is 42.0 Å². The Morgan fingerprint density at radius 2 is 1.84 bits per heavy atom. The molecule has 2 aromatic rings. The van der Waals surface area contributed by atoms with Crippen molar-refractivity contribution in [2.45, 2.75) is 13.0 Å². The van der Waals surface area contributed by atoms with Crippen LogP contribution in [0.4, 0.5) is 10.5 Å². The molecular weight excluding hydrogens is 463 g/mol. The molecule has 3 rings (SSSR count). The predicted octanol–water partition coefficient (Wildman–Crippen LogP) is 3.52. The normalized spacial score (nSPS) is 16.1. The van der Waals surface area contributed by atoms with E-state index < -0.39 is 29.9 Å². The summed E-state index contributed by atoms with van der Waals surface area (Å²) in [5.74, 6) is -2.59. The van der Waals surface area contributed by atoms with Gasteiger partial charge in [-0.25, -0.2) is 14.5 Å². The number of amides is 4. The minimum absolute atomic E-state index is 0.0467. The first kappa shape index (κ1) is 23.1. The standard InChI is InChI=1S/C21H16Cl2N2O7/c1-10(20(28)29)32-16-6-3-11(8-17(16)31-2)7-13-18(26)24-21(30)25(19(13)27)15-5-4-12(22)9-14(15)23/h3-10H,1-2H3,(H,28,29)(H,24,26,30)/b13-7+/t10-/m0/s1. The molecule has 1 aliphatic rings. The summed E-state index contributed by atoms with van der Waals surface area (Å²) in [4.78, 5) is 49.4. The second-order valence-electron chi connectivity index (χ2n) is 6.56. The van der Waals surface area contributed by atoms with Gasteiger partial charge < -0.3 is 14.6 Å². The molecule has 1 saturated heterocycles. The summed E-state index contributed by atoms with van der Waals surface area (Å²) in [6.07, 6.45) is 0.135. The first-order valence-electron chi connectivity index (χ1n) is 9.06. The summed E-state index contributed by atoms with van der Waals surface area (Å²) in [5.41, 5.74) is 0.0957. The van der Waals surface area contributed by atoms with E-state index in [1.165, 1.54) is 56.5 Å². The number of nitrogens with one attached hydrogen (secondary N) is 1.